The quantitative estimate of drug-likeness (QED) is 0.900. The van der Waals surface area contributed by atoms with Crippen molar-refractivity contribution in [2.75, 3.05) is 13.2 Å². The third-order valence-electron chi connectivity index (χ3n) is 4.67. The first-order valence-corrected chi connectivity index (χ1v) is 7.58. The highest BCUT2D eigenvalue weighted by atomic mass is 16.5. The third-order valence-corrected chi connectivity index (χ3v) is 4.67. The van der Waals surface area contributed by atoms with Crippen LogP contribution in [0.3, 0.4) is 0 Å². The van der Waals surface area contributed by atoms with Crippen molar-refractivity contribution in [2.24, 2.45) is 11.8 Å². The number of pyridine rings is 1. The number of rotatable bonds is 3. The Kier molecular flexibility index (Phi) is 2.88. The molecule has 3 atom stereocenters. The summed E-state index contributed by atoms with van der Waals surface area (Å²) in [6.45, 7) is 3.72. The maximum absolute atomic E-state index is 5.44. The SMILES string of the molecule is CCOc1ccc2[nH]c(C3NCC4CCCC43)nc2n1. The van der Waals surface area contributed by atoms with Crippen LogP contribution in [0.2, 0.25) is 0 Å². The molecular formula is C15H20N4O. The summed E-state index contributed by atoms with van der Waals surface area (Å²) in [5.41, 5.74) is 1.75. The van der Waals surface area contributed by atoms with Gasteiger partial charge in [0, 0.05) is 6.07 Å². The van der Waals surface area contributed by atoms with Crippen LogP contribution >= 0.6 is 0 Å². The molecule has 0 spiro atoms. The van der Waals surface area contributed by atoms with E-state index in [1.807, 2.05) is 19.1 Å². The van der Waals surface area contributed by atoms with E-state index in [0.717, 1.165) is 35.4 Å². The fraction of sp³-hybridized carbons (Fsp3) is 0.600. The number of aromatic amines is 1. The van der Waals surface area contributed by atoms with Crippen molar-refractivity contribution in [1.29, 1.82) is 0 Å². The number of ether oxygens (including phenoxy) is 1. The molecule has 2 aliphatic rings. The molecule has 0 radical (unpaired) electrons. The molecule has 5 heteroatoms. The van der Waals surface area contributed by atoms with E-state index in [1.165, 1.54) is 19.3 Å². The number of nitrogens with one attached hydrogen (secondary N) is 2. The Morgan fingerprint density at radius 2 is 2.25 bits per heavy atom. The summed E-state index contributed by atoms with van der Waals surface area (Å²) in [6, 6.07) is 4.27. The molecule has 2 aromatic rings. The first-order valence-electron chi connectivity index (χ1n) is 7.58. The van der Waals surface area contributed by atoms with Crippen molar-refractivity contribution in [3.8, 4) is 5.88 Å². The Bertz CT molecular complexity index is 623. The smallest absolute Gasteiger partial charge is 0.215 e. The lowest BCUT2D eigenvalue weighted by molar-refractivity contribution is 0.328. The topological polar surface area (TPSA) is 62.8 Å². The zero-order valence-electron chi connectivity index (χ0n) is 11.7. The van der Waals surface area contributed by atoms with E-state index < -0.39 is 0 Å². The lowest BCUT2D eigenvalue weighted by atomic mass is 9.94. The van der Waals surface area contributed by atoms with E-state index in [4.69, 9.17) is 4.74 Å². The van der Waals surface area contributed by atoms with Crippen molar-refractivity contribution < 1.29 is 4.74 Å². The van der Waals surface area contributed by atoms with E-state index in [0.29, 0.717) is 18.5 Å². The van der Waals surface area contributed by atoms with Crippen LogP contribution in [0.15, 0.2) is 12.1 Å². The molecule has 3 unspecified atom stereocenters. The van der Waals surface area contributed by atoms with Crippen molar-refractivity contribution in [1.82, 2.24) is 20.3 Å². The molecule has 0 amide bonds. The van der Waals surface area contributed by atoms with Gasteiger partial charge in [-0.25, -0.2) is 4.98 Å². The molecule has 2 N–H and O–H groups in total. The Labute approximate surface area is 118 Å². The third kappa shape index (κ3) is 1.88. The lowest BCUT2D eigenvalue weighted by Gasteiger charge is -2.15. The van der Waals surface area contributed by atoms with Crippen LogP contribution in [0, 0.1) is 11.8 Å². The van der Waals surface area contributed by atoms with Gasteiger partial charge in [0.1, 0.15) is 5.82 Å². The predicted molar refractivity (Wildman–Crippen MR) is 76.6 cm³/mol. The number of hydrogen-bond acceptors (Lipinski definition) is 4. The van der Waals surface area contributed by atoms with Crippen LogP contribution in [-0.4, -0.2) is 28.1 Å². The molecule has 1 saturated heterocycles. The predicted octanol–water partition coefficient (Wildman–Crippen LogP) is 2.42. The van der Waals surface area contributed by atoms with Gasteiger partial charge in [-0.2, -0.15) is 4.98 Å². The molecule has 20 heavy (non-hydrogen) atoms. The summed E-state index contributed by atoms with van der Waals surface area (Å²) < 4.78 is 5.44. The number of H-pyrrole nitrogens is 1. The van der Waals surface area contributed by atoms with Crippen molar-refractivity contribution in [2.45, 2.75) is 32.2 Å². The van der Waals surface area contributed by atoms with Gasteiger partial charge < -0.3 is 15.0 Å². The fourth-order valence-electron chi connectivity index (χ4n) is 3.76. The van der Waals surface area contributed by atoms with Gasteiger partial charge in [0.15, 0.2) is 5.65 Å². The van der Waals surface area contributed by atoms with Crippen LogP contribution in [0.1, 0.15) is 38.1 Å². The summed E-state index contributed by atoms with van der Waals surface area (Å²) in [5, 5.41) is 3.62. The number of hydrogen-bond donors (Lipinski definition) is 2. The van der Waals surface area contributed by atoms with Gasteiger partial charge in [-0.05, 0) is 44.2 Å². The summed E-state index contributed by atoms with van der Waals surface area (Å²) in [7, 11) is 0. The summed E-state index contributed by atoms with van der Waals surface area (Å²) in [6.07, 6.45) is 4.04. The fourth-order valence-corrected chi connectivity index (χ4v) is 3.76. The second-order valence-corrected chi connectivity index (χ2v) is 5.82. The molecule has 2 fully saturated rings. The van der Waals surface area contributed by atoms with Crippen molar-refractivity contribution in [3.05, 3.63) is 18.0 Å². The van der Waals surface area contributed by atoms with Gasteiger partial charge in [-0.15, -0.1) is 0 Å². The summed E-state index contributed by atoms with van der Waals surface area (Å²) in [5.74, 6) is 3.26. The molecule has 5 nitrogen and oxygen atoms in total. The summed E-state index contributed by atoms with van der Waals surface area (Å²) >= 11 is 0. The minimum atomic E-state index is 0.368. The van der Waals surface area contributed by atoms with E-state index in [2.05, 4.69) is 20.3 Å². The van der Waals surface area contributed by atoms with Crippen molar-refractivity contribution in [3.63, 3.8) is 0 Å². The van der Waals surface area contributed by atoms with Gasteiger partial charge in [0.25, 0.3) is 0 Å². The van der Waals surface area contributed by atoms with E-state index in [1.54, 1.807) is 0 Å². The first kappa shape index (κ1) is 12.1. The molecule has 1 aliphatic carbocycles. The Morgan fingerprint density at radius 1 is 1.30 bits per heavy atom. The molecule has 0 bridgehead atoms. The van der Waals surface area contributed by atoms with Gasteiger partial charge in [0.2, 0.25) is 5.88 Å². The largest absolute Gasteiger partial charge is 0.478 e. The van der Waals surface area contributed by atoms with Gasteiger partial charge in [0.05, 0.1) is 18.2 Å². The standard InChI is InChI=1S/C15H20N4O/c1-2-20-12-7-6-11-14(18-12)19-15(17-11)13-10-5-3-4-9(10)8-16-13/h6-7,9-10,13,16H,2-5,8H2,1H3,(H,17,18,19). The van der Waals surface area contributed by atoms with Gasteiger partial charge in [-0.1, -0.05) is 6.42 Å². The highest BCUT2D eigenvalue weighted by Gasteiger charge is 2.40. The van der Waals surface area contributed by atoms with Crippen LogP contribution in [0.5, 0.6) is 5.88 Å². The molecular weight excluding hydrogens is 252 g/mol. The Morgan fingerprint density at radius 3 is 3.15 bits per heavy atom. The second-order valence-electron chi connectivity index (χ2n) is 5.82. The normalized spacial score (nSPS) is 28.9. The molecule has 106 valence electrons. The minimum absolute atomic E-state index is 0.368. The van der Waals surface area contributed by atoms with Crippen LogP contribution < -0.4 is 10.1 Å². The van der Waals surface area contributed by atoms with E-state index in [9.17, 15) is 0 Å². The number of aromatic nitrogens is 3. The highest BCUT2D eigenvalue weighted by Crippen LogP contribution is 2.43. The molecule has 4 rings (SSSR count). The maximum Gasteiger partial charge on any atom is 0.215 e. The Hall–Kier alpha value is -1.62. The summed E-state index contributed by atoms with van der Waals surface area (Å²) in [4.78, 5) is 12.6. The monoisotopic (exact) mass is 272 g/mol. The molecule has 3 heterocycles. The highest BCUT2D eigenvalue weighted by molar-refractivity contribution is 5.71. The number of imidazole rings is 1. The van der Waals surface area contributed by atoms with Crippen molar-refractivity contribution >= 4 is 11.2 Å². The lowest BCUT2D eigenvalue weighted by Crippen LogP contribution is -2.19. The van der Waals surface area contributed by atoms with E-state index >= 15 is 0 Å². The zero-order valence-corrected chi connectivity index (χ0v) is 11.7. The number of fused-ring (bicyclic) bond motifs is 2. The Balaban J connectivity index is 1.66. The van der Waals surface area contributed by atoms with Crippen LogP contribution in [0.25, 0.3) is 11.2 Å². The molecule has 0 aromatic carbocycles. The van der Waals surface area contributed by atoms with E-state index in [-0.39, 0.29) is 0 Å². The average molecular weight is 272 g/mol. The molecule has 2 aromatic heterocycles. The molecule has 1 saturated carbocycles. The molecule has 1 aliphatic heterocycles. The van der Waals surface area contributed by atoms with Gasteiger partial charge in [-0.3, -0.25) is 0 Å². The van der Waals surface area contributed by atoms with Crippen LogP contribution in [0.4, 0.5) is 0 Å². The second kappa shape index (κ2) is 4.74. The first-order chi connectivity index (χ1) is 9.85. The van der Waals surface area contributed by atoms with Crippen LogP contribution in [-0.2, 0) is 0 Å². The maximum atomic E-state index is 5.44. The number of nitrogens with zero attached hydrogens (tertiary/aromatic N) is 2. The minimum Gasteiger partial charge on any atom is -0.478 e. The average Bonchev–Trinajstić information content (AvgIpc) is 3.12. The van der Waals surface area contributed by atoms with Gasteiger partial charge >= 0.3 is 0 Å². The zero-order chi connectivity index (χ0) is 13.5.